The highest BCUT2D eigenvalue weighted by Crippen LogP contribution is 2.26. The number of aliphatic carboxylic acids is 1. The van der Waals surface area contributed by atoms with E-state index in [2.05, 4.69) is 10.3 Å². The molecule has 0 saturated heterocycles. The van der Waals surface area contributed by atoms with Crippen LogP contribution in [0.4, 0.5) is 0 Å². The van der Waals surface area contributed by atoms with E-state index in [0.29, 0.717) is 25.8 Å². The van der Waals surface area contributed by atoms with Gasteiger partial charge in [0, 0.05) is 41.7 Å². The number of benzene rings is 1. The van der Waals surface area contributed by atoms with Crippen molar-refractivity contribution >= 4 is 23.2 Å². The van der Waals surface area contributed by atoms with Crippen molar-refractivity contribution < 1.29 is 14.7 Å². The van der Waals surface area contributed by atoms with E-state index in [9.17, 15) is 14.7 Å². The minimum atomic E-state index is -1.16. The molecule has 25 heavy (non-hydrogen) atoms. The third kappa shape index (κ3) is 4.33. The number of allylic oxidation sites excluding steroid dienone is 2. The summed E-state index contributed by atoms with van der Waals surface area (Å²) < 4.78 is 0. The third-order valence-corrected chi connectivity index (χ3v) is 5.26. The van der Waals surface area contributed by atoms with E-state index in [0.717, 1.165) is 16.3 Å². The Labute approximate surface area is 150 Å². The largest absolute Gasteiger partial charge is 0.550 e. The monoisotopic (exact) mass is 355 g/mol. The molecule has 2 aromatic rings. The van der Waals surface area contributed by atoms with Crippen molar-refractivity contribution in [3.05, 3.63) is 53.6 Å². The molecule has 130 valence electrons. The maximum Gasteiger partial charge on any atom is 0.224 e. The number of nitrogens with zero attached hydrogens (tertiary/aromatic N) is 1. The highest BCUT2D eigenvalue weighted by Gasteiger charge is 2.29. The number of amides is 1. The van der Waals surface area contributed by atoms with Gasteiger partial charge in [-0.1, -0.05) is 42.5 Å². The summed E-state index contributed by atoms with van der Waals surface area (Å²) in [5.41, 5.74) is 2.00. The first kappa shape index (κ1) is 17.4. The maximum absolute atomic E-state index is 12.3. The molecule has 1 aliphatic carbocycles. The number of hydrogen-bond donors (Lipinski definition) is 1. The van der Waals surface area contributed by atoms with Crippen molar-refractivity contribution in [2.75, 3.05) is 6.54 Å². The fourth-order valence-corrected chi connectivity index (χ4v) is 3.80. The SMILES string of the molecule is O=C([O-])[C@H]1CC=CC[C@@H]1C(=O)NCCc1csc(-c2ccccc2)n1. The van der Waals surface area contributed by atoms with Gasteiger partial charge in [-0.15, -0.1) is 11.3 Å². The molecule has 0 spiro atoms. The van der Waals surface area contributed by atoms with Crippen molar-refractivity contribution in [2.45, 2.75) is 19.3 Å². The van der Waals surface area contributed by atoms with Gasteiger partial charge in [0.05, 0.1) is 5.69 Å². The average Bonchev–Trinajstić information content (AvgIpc) is 3.11. The van der Waals surface area contributed by atoms with Crippen molar-refractivity contribution in [3.8, 4) is 10.6 Å². The van der Waals surface area contributed by atoms with Crippen LogP contribution in [0.25, 0.3) is 10.6 Å². The number of rotatable bonds is 6. The average molecular weight is 355 g/mol. The summed E-state index contributed by atoms with van der Waals surface area (Å²) in [6.45, 7) is 0.441. The summed E-state index contributed by atoms with van der Waals surface area (Å²) in [7, 11) is 0. The molecule has 1 N–H and O–H groups in total. The fraction of sp³-hybridized carbons (Fsp3) is 0.316. The van der Waals surface area contributed by atoms with E-state index in [1.807, 2.05) is 41.8 Å². The van der Waals surface area contributed by atoms with Crippen LogP contribution < -0.4 is 10.4 Å². The lowest BCUT2D eigenvalue weighted by Crippen LogP contribution is -2.44. The normalized spacial score (nSPS) is 19.5. The van der Waals surface area contributed by atoms with Crippen LogP contribution in [0.1, 0.15) is 18.5 Å². The Morgan fingerprint density at radius 3 is 2.60 bits per heavy atom. The standard InChI is InChI=1S/C19H20N2O3S/c22-17(15-8-4-5-9-16(15)19(23)24)20-11-10-14-12-25-18(21-14)13-6-2-1-3-7-13/h1-7,12,15-16H,8-11H2,(H,20,22)(H,23,24)/p-1/t15-,16-/m0/s1. The van der Waals surface area contributed by atoms with Crippen molar-refractivity contribution in [1.29, 1.82) is 0 Å². The van der Waals surface area contributed by atoms with E-state index >= 15 is 0 Å². The van der Waals surface area contributed by atoms with Crippen LogP contribution in [0, 0.1) is 11.8 Å². The van der Waals surface area contributed by atoms with Gasteiger partial charge >= 0.3 is 0 Å². The topological polar surface area (TPSA) is 82.1 Å². The van der Waals surface area contributed by atoms with E-state index in [1.165, 1.54) is 0 Å². The molecule has 1 amide bonds. The van der Waals surface area contributed by atoms with Crippen LogP contribution in [0.15, 0.2) is 47.9 Å². The Kier molecular flexibility index (Phi) is 5.60. The van der Waals surface area contributed by atoms with E-state index < -0.39 is 17.8 Å². The number of nitrogens with one attached hydrogen (secondary N) is 1. The predicted octanol–water partition coefficient (Wildman–Crippen LogP) is 1.80. The van der Waals surface area contributed by atoms with E-state index in [1.54, 1.807) is 17.4 Å². The molecule has 0 bridgehead atoms. The Hall–Kier alpha value is -2.47. The molecule has 1 aromatic heterocycles. The lowest BCUT2D eigenvalue weighted by Gasteiger charge is -2.28. The summed E-state index contributed by atoms with van der Waals surface area (Å²) in [5, 5.41) is 16.9. The first-order valence-electron chi connectivity index (χ1n) is 8.28. The number of aromatic nitrogens is 1. The molecule has 1 aromatic carbocycles. The molecule has 1 aliphatic rings. The van der Waals surface area contributed by atoms with Gasteiger partial charge in [0.2, 0.25) is 5.91 Å². The molecule has 5 nitrogen and oxygen atoms in total. The van der Waals surface area contributed by atoms with Crippen LogP contribution in [-0.2, 0) is 16.0 Å². The predicted molar refractivity (Wildman–Crippen MR) is 94.6 cm³/mol. The number of carbonyl (C=O) groups is 2. The zero-order valence-corrected chi connectivity index (χ0v) is 14.5. The lowest BCUT2D eigenvalue weighted by molar-refractivity contribution is -0.313. The second-order valence-corrected chi connectivity index (χ2v) is 6.88. The smallest absolute Gasteiger partial charge is 0.224 e. The molecule has 6 heteroatoms. The van der Waals surface area contributed by atoms with Crippen LogP contribution in [0.2, 0.25) is 0 Å². The molecule has 0 fully saturated rings. The summed E-state index contributed by atoms with van der Waals surface area (Å²) in [6.07, 6.45) is 5.07. The molecule has 0 radical (unpaired) electrons. The highest BCUT2D eigenvalue weighted by atomic mass is 32.1. The fourth-order valence-electron chi connectivity index (χ4n) is 2.94. The molecular weight excluding hydrogens is 336 g/mol. The first-order chi connectivity index (χ1) is 12.1. The van der Waals surface area contributed by atoms with Gasteiger partial charge in [-0.25, -0.2) is 4.98 Å². The molecule has 0 aliphatic heterocycles. The zero-order valence-electron chi connectivity index (χ0n) is 13.7. The summed E-state index contributed by atoms with van der Waals surface area (Å²) in [5.74, 6) is -2.67. The first-order valence-corrected chi connectivity index (χ1v) is 9.16. The highest BCUT2D eigenvalue weighted by molar-refractivity contribution is 7.13. The molecule has 0 unspecified atom stereocenters. The van der Waals surface area contributed by atoms with E-state index in [-0.39, 0.29) is 5.91 Å². The number of carbonyl (C=O) groups excluding carboxylic acids is 2. The minimum absolute atomic E-state index is 0.225. The van der Waals surface area contributed by atoms with Gasteiger partial charge in [-0.3, -0.25) is 4.79 Å². The summed E-state index contributed by atoms with van der Waals surface area (Å²) in [6, 6.07) is 9.95. The summed E-state index contributed by atoms with van der Waals surface area (Å²) >= 11 is 1.57. The molecule has 0 saturated carbocycles. The number of thiazole rings is 1. The van der Waals surface area contributed by atoms with Crippen LogP contribution in [0.5, 0.6) is 0 Å². The molecule has 3 rings (SSSR count). The number of carboxylic acids is 1. The zero-order chi connectivity index (χ0) is 17.6. The van der Waals surface area contributed by atoms with Crippen molar-refractivity contribution in [3.63, 3.8) is 0 Å². The van der Waals surface area contributed by atoms with Crippen LogP contribution in [0.3, 0.4) is 0 Å². The maximum atomic E-state index is 12.3. The third-order valence-electron chi connectivity index (χ3n) is 4.32. The number of carboxylic acid groups (broad SMARTS) is 1. The van der Waals surface area contributed by atoms with Crippen molar-refractivity contribution in [2.24, 2.45) is 11.8 Å². The number of hydrogen-bond acceptors (Lipinski definition) is 5. The Morgan fingerprint density at radius 2 is 1.88 bits per heavy atom. The minimum Gasteiger partial charge on any atom is -0.550 e. The van der Waals surface area contributed by atoms with Crippen molar-refractivity contribution in [1.82, 2.24) is 10.3 Å². The van der Waals surface area contributed by atoms with Gasteiger partial charge in [0.1, 0.15) is 5.01 Å². The molecule has 2 atom stereocenters. The Bertz CT molecular complexity index is 770. The van der Waals surface area contributed by atoms with Gasteiger partial charge in [-0.05, 0) is 12.8 Å². The summed E-state index contributed by atoms with van der Waals surface area (Å²) in [4.78, 5) is 28.0. The van der Waals surface area contributed by atoms with Crippen LogP contribution in [-0.4, -0.2) is 23.4 Å². The van der Waals surface area contributed by atoms with Gasteiger partial charge < -0.3 is 15.2 Å². The molecule has 1 heterocycles. The van der Waals surface area contributed by atoms with Crippen LogP contribution >= 0.6 is 11.3 Å². The second kappa shape index (κ2) is 8.07. The molecular formula is C19H19N2O3S-. The van der Waals surface area contributed by atoms with E-state index in [4.69, 9.17) is 0 Å². The lowest BCUT2D eigenvalue weighted by atomic mass is 9.82. The quantitative estimate of drug-likeness (QED) is 0.801. The Balaban J connectivity index is 1.53. The van der Waals surface area contributed by atoms with Gasteiger partial charge in [0.15, 0.2) is 0 Å². The second-order valence-electron chi connectivity index (χ2n) is 6.03. The van der Waals surface area contributed by atoms with Gasteiger partial charge in [-0.2, -0.15) is 0 Å². The van der Waals surface area contributed by atoms with Gasteiger partial charge in [0.25, 0.3) is 0 Å². The Morgan fingerprint density at radius 1 is 1.16 bits per heavy atom.